The summed E-state index contributed by atoms with van der Waals surface area (Å²) in [6.07, 6.45) is 2.81. The lowest BCUT2D eigenvalue weighted by molar-refractivity contribution is 0.151. The highest BCUT2D eigenvalue weighted by atomic mass is 16.5. The summed E-state index contributed by atoms with van der Waals surface area (Å²) in [5, 5.41) is 1.20. The van der Waals surface area contributed by atoms with Crippen molar-refractivity contribution in [3.63, 3.8) is 0 Å². The number of fused-ring (bicyclic) bond motifs is 1. The zero-order chi connectivity index (χ0) is 18.4. The van der Waals surface area contributed by atoms with Gasteiger partial charge in [-0.1, -0.05) is 18.2 Å². The van der Waals surface area contributed by atoms with Crippen LogP contribution in [0.5, 0.6) is 0 Å². The maximum atomic E-state index is 5.56. The van der Waals surface area contributed by atoms with E-state index in [4.69, 9.17) is 9.72 Å². The highest BCUT2D eigenvalue weighted by molar-refractivity contribution is 5.85. The number of para-hydroxylation sites is 1. The van der Waals surface area contributed by atoms with Crippen LogP contribution in [0.15, 0.2) is 48.7 Å². The zero-order valence-electron chi connectivity index (χ0n) is 15.9. The number of nitrogens with zero attached hydrogens (tertiary/aromatic N) is 3. The summed E-state index contributed by atoms with van der Waals surface area (Å²) < 4.78 is 5.56. The topological polar surface area (TPSA) is 38.2 Å². The summed E-state index contributed by atoms with van der Waals surface area (Å²) >= 11 is 0. The number of pyridine rings is 2. The summed E-state index contributed by atoms with van der Waals surface area (Å²) in [7, 11) is 0. The molecule has 0 saturated carbocycles. The van der Waals surface area contributed by atoms with Crippen molar-refractivity contribution < 1.29 is 4.74 Å². The van der Waals surface area contributed by atoms with Crippen molar-refractivity contribution in [1.29, 1.82) is 0 Å². The first-order chi connectivity index (χ1) is 12.8. The standard InChI is InChI=1S/C22H27N3O/c1-4-25(5-2)22-12-11-18(16-23-22)21-15-17(13-14-26-6-3)19-9-7-8-10-20(19)24-21/h7-12,15-16H,4-6,13-14H2,1-3H3. The molecule has 2 heterocycles. The van der Waals surface area contributed by atoms with Gasteiger partial charge in [-0.05, 0) is 57.0 Å². The molecule has 0 aliphatic heterocycles. The predicted molar refractivity (Wildman–Crippen MR) is 109 cm³/mol. The first-order valence-electron chi connectivity index (χ1n) is 9.44. The van der Waals surface area contributed by atoms with Crippen LogP contribution in [0.25, 0.3) is 22.2 Å². The number of aromatic nitrogens is 2. The first kappa shape index (κ1) is 18.3. The molecule has 1 aromatic carbocycles. The number of hydrogen-bond acceptors (Lipinski definition) is 4. The van der Waals surface area contributed by atoms with Gasteiger partial charge < -0.3 is 9.64 Å². The second-order valence-corrected chi connectivity index (χ2v) is 6.21. The van der Waals surface area contributed by atoms with E-state index < -0.39 is 0 Å². The number of anilines is 1. The molecule has 0 spiro atoms. The predicted octanol–water partition coefficient (Wildman–Crippen LogP) is 4.72. The highest BCUT2D eigenvalue weighted by Crippen LogP contribution is 2.26. The molecular weight excluding hydrogens is 322 g/mol. The fourth-order valence-electron chi connectivity index (χ4n) is 3.20. The fourth-order valence-corrected chi connectivity index (χ4v) is 3.20. The number of rotatable bonds is 8. The van der Waals surface area contributed by atoms with Crippen molar-refractivity contribution >= 4 is 16.7 Å². The Balaban J connectivity index is 1.96. The third-order valence-corrected chi connectivity index (χ3v) is 4.65. The molecular formula is C22H27N3O. The SMILES string of the molecule is CCOCCc1cc(-c2ccc(N(CC)CC)nc2)nc2ccccc12. The third-order valence-electron chi connectivity index (χ3n) is 4.65. The van der Waals surface area contributed by atoms with Crippen LogP contribution < -0.4 is 4.90 Å². The average Bonchev–Trinajstić information content (AvgIpc) is 2.69. The van der Waals surface area contributed by atoms with Gasteiger partial charge >= 0.3 is 0 Å². The number of ether oxygens (including phenoxy) is 1. The molecule has 0 amide bonds. The molecule has 2 aromatic heterocycles. The summed E-state index contributed by atoms with van der Waals surface area (Å²) in [4.78, 5) is 11.7. The molecule has 3 rings (SSSR count). The lowest BCUT2D eigenvalue weighted by Crippen LogP contribution is -2.22. The van der Waals surface area contributed by atoms with Crippen molar-refractivity contribution in [2.45, 2.75) is 27.2 Å². The van der Waals surface area contributed by atoms with E-state index in [9.17, 15) is 0 Å². The van der Waals surface area contributed by atoms with Crippen molar-refractivity contribution in [3.05, 3.63) is 54.2 Å². The summed E-state index contributed by atoms with van der Waals surface area (Å²) in [6, 6.07) is 14.7. The fraction of sp³-hybridized carbons (Fsp3) is 0.364. The number of benzene rings is 1. The van der Waals surface area contributed by atoms with Crippen LogP contribution in [0.4, 0.5) is 5.82 Å². The Kier molecular flexibility index (Phi) is 6.18. The minimum Gasteiger partial charge on any atom is -0.381 e. The van der Waals surface area contributed by atoms with E-state index in [-0.39, 0.29) is 0 Å². The molecule has 0 aliphatic carbocycles. The maximum absolute atomic E-state index is 5.56. The van der Waals surface area contributed by atoms with Gasteiger partial charge in [0.1, 0.15) is 5.82 Å². The molecule has 0 radical (unpaired) electrons. The summed E-state index contributed by atoms with van der Waals surface area (Å²) in [5.74, 6) is 1.01. The molecule has 3 aromatic rings. The molecule has 0 bridgehead atoms. The molecule has 26 heavy (non-hydrogen) atoms. The lowest BCUT2D eigenvalue weighted by atomic mass is 10.0. The Morgan fingerprint density at radius 1 is 1.00 bits per heavy atom. The van der Waals surface area contributed by atoms with Gasteiger partial charge in [0.15, 0.2) is 0 Å². The molecule has 0 N–H and O–H groups in total. The molecule has 0 atom stereocenters. The van der Waals surface area contributed by atoms with Crippen LogP contribution in [-0.4, -0.2) is 36.3 Å². The largest absolute Gasteiger partial charge is 0.381 e. The maximum Gasteiger partial charge on any atom is 0.128 e. The lowest BCUT2D eigenvalue weighted by Gasteiger charge is -2.19. The Morgan fingerprint density at radius 3 is 2.50 bits per heavy atom. The van der Waals surface area contributed by atoms with E-state index in [1.54, 1.807) is 0 Å². The summed E-state index contributed by atoms with van der Waals surface area (Å²) in [6.45, 7) is 9.70. The Hall–Kier alpha value is -2.46. The van der Waals surface area contributed by atoms with Crippen LogP contribution in [0.3, 0.4) is 0 Å². The van der Waals surface area contributed by atoms with E-state index in [2.05, 4.69) is 60.1 Å². The van der Waals surface area contributed by atoms with Gasteiger partial charge in [-0.2, -0.15) is 0 Å². The van der Waals surface area contributed by atoms with Gasteiger partial charge in [-0.25, -0.2) is 9.97 Å². The molecule has 4 nitrogen and oxygen atoms in total. The van der Waals surface area contributed by atoms with E-state index in [1.807, 2.05) is 19.2 Å². The normalized spacial score (nSPS) is 11.0. The molecule has 0 aliphatic rings. The first-order valence-corrected chi connectivity index (χ1v) is 9.44. The van der Waals surface area contributed by atoms with E-state index in [0.29, 0.717) is 0 Å². The van der Waals surface area contributed by atoms with Crippen LogP contribution in [0.1, 0.15) is 26.3 Å². The van der Waals surface area contributed by atoms with Gasteiger partial charge in [0, 0.05) is 36.8 Å². The Morgan fingerprint density at radius 2 is 1.81 bits per heavy atom. The van der Waals surface area contributed by atoms with Crippen molar-refractivity contribution in [2.24, 2.45) is 0 Å². The van der Waals surface area contributed by atoms with Crippen LogP contribution in [-0.2, 0) is 11.2 Å². The van der Waals surface area contributed by atoms with Crippen LogP contribution in [0.2, 0.25) is 0 Å². The molecule has 0 unspecified atom stereocenters. The summed E-state index contributed by atoms with van der Waals surface area (Å²) in [5.41, 5.74) is 4.30. The van der Waals surface area contributed by atoms with E-state index in [1.165, 1.54) is 10.9 Å². The number of hydrogen-bond donors (Lipinski definition) is 0. The highest BCUT2D eigenvalue weighted by Gasteiger charge is 2.09. The minimum absolute atomic E-state index is 0.725. The average molecular weight is 349 g/mol. The second kappa shape index (κ2) is 8.77. The van der Waals surface area contributed by atoms with E-state index in [0.717, 1.165) is 55.3 Å². The molecule has 0 saturated heterocycles. The van der Waals surface area contributed by atoms with E-state index >= 15 is 0 Å². The Labute approximate surface area is 155 Å². The molecule has 136 valence electrons. The quantitative estimate of drug-likeness (QED) is 0.552. The van der Waals surface area contributed by atoms with Crippen molar-refractivity contribution in [1.82, 2.24) is 9.97 Å². The van der Waals surface area contributed by atoms with Crippen molar-refractivity contribution in [3.8, 4) is 11.3 Å². The van der Waals surface area contributed by atoms with Gasteiger partial charge in [-0.3, -0.25) is 0 Å². The second-order valence-electron chi connectivity index (χ2n) is 6.21. The third kappa shape index (κ3) is 4.02. The minimum atomic E-state index is 0.725. The Bertz CT molecular complexity index is 842. The molecule has 4 heteroatoms. The molecule has 0 fully saturated rings. The van der Waals surface area contributed by atoms with Gasteiger partial charge in [0.2, 0.25) is 0 Å². The van der Waals surface area contributed by atoms with Crippen LogP contribution in [0, 0.1) is 0 Å². The van der Waals surface area contributed by atoms with Crippen molar-refractivity contribution in [2.75, 3.05) is 31.2 Å². The zero-order valence-corrected chi connectivity index (χ0v) is 15.9. The smallest absolute Gasteiger partial charge is 0.128 e. The van der Waals surface area contributed by atoms with Gasteiger partial charge in [0.05, 0.1) is 17.8 Å². The van der Waals surface area contributed by atoms with Crippen LogP contribution >= 0.6 is 0 Å². The van der Waals surface area contributed by atoms with Gasteiger partial charge in [0.25, 0.3) is 0 Å². The van der Waals surface area contributed by atoms with Gasteiger partial charge in [-0.15, -0.1) is 0 Å². The monoisotopic (exact) mass is 349 g/mol.